The molecule has 0 amide bonds. The molecule has 0 spiro atoms. The van der Waals surface area contributed by atoms with E-state index in [2.05, 4.69) is 0 Å². The van der Waals surface area contributed by atoms with E-state index in [0.717, 1.165) is 16.9 Å². The normalized spacial score (nSPS) is 12.7. The van der Waals surface area contributed by atoms with Gasteiger partial charge in [-0.05, 0) is 24.6 Å². The molecule has 0 aliphatic carbocycles. The highest BCUT2D eigenvalue weighted by atomic mass is 16.3. The predicted octanol–water partition coefficient (Wildman–Crippen LogP) is 2.97. The first-order chi connectivity index (χ1) is 6.79. The SMILES string of the molecule is C[C@H](N)c1ccccc1-c1ccco1. The number of rotatable bonds is 2. The molecule has 0 saturated carbocycles. The van der Waals surface area contributed by atoms with Gasteiger partial charge in [0.15, 0.2) is 0 Å². The van der Waals surface area contributed by atoms with Crippen LogP contribution in [0.2, 0.25) is 0 Å². The van der Waals surface area contributed by atoms with Crippen LogP contribution in [0.5, 0.6) is 0 Å². The van der Waals surface area contributed by atoms with Gasteiger partial charge in [0.05, 0.1) is 6.26 Å². The Morgan fingerprint density at radius 2 is 1.93 bits per heavy atom. The minimum atomic E-state index is 0.0244. The topological polar surface area (TPSA) is 39.2 Å². The summed E-state index contributed by atoms with van der Waals surface area (Å²) in [7, 11) is 0. The van der Waals surface area contributed by atoms with E-state index in [1.54, 1.807) is 6.26 Å². The molecular formula is C12H13NO. The average molecular weight is 187 g/mol. The molecule has 0 fully saturated rings. The molecular weight excluding hydrogens is 174 g/mol. The largest absolute Gasteiger partial charge is 0.464 e. The predicted molar refractivity (Wildman–Crippen MR) is 56.7 cm³/mol. The molecule has 0 radical (unpaired) electrons. The quantitative estimate of drug-likeness (QED) is 0.785. The van der Waals surface area contributed by atoms with Crippen LogP contribution >= 0.6 is 0 Å². The Kier molecular flexibility index (Phi) is 2.37. The van der Waals surface area contributed by atoms with Crippen molar-refractivity contribution in [3.63, 3.8) is 0 Å². The summed E-state index contributed by atoms with van der Waals surface area (Å²) in [5.41, 5.74) is 8.07. The average Bonchev–Trinajstić information content (AvgIpc) is 2.70. The monoisotopic (exact) mass is 187 g/mol. The molecule has 14 heavy (non-hydrogen) atoms. The fraction of sp³-hybridized carbons (Fsp3) is 0.167. The summed E-state index contributed by atoms with van der Waals surface area (Å²) in [4.78, 5) is 0. The highest BCUT2D eigenvalue weighted by Gasteiger charge is 2.09. The van der Waals surface area contributed by atoms with Crippen molar-refractivity contribution in [2.45, 2.75) is 13.0 Å². The molecule has 0 bridgehead atoms. The number of furan rings is 1. The van der Waals surface area contributed by atoms with Gasteiger partial charge in [0.1, 0.15) is 5.76 Å². The molecule has 1 atom stereocenters. The fourth-order valence-corrected chi connectivity index (χ4v) is 1.55. The second-order valence-corrected chi connectivity index (χ2v) is 3.35. The van der Waals surface area contributed by atoms with Gasteiger partial charge in [-0.25, -0.2) is 0 Å². The van der Waals surface area contributed by atoms with Crippen LogP contribution in [0.4, 0.5) is 0 Å². The maximum Gasteiger partial charge on any atom is 0.134 e. The molecule has 1 heterocycles. The maximum absolute atomic E-state index is 5.88. The molecule has 2 heteroatoms. The van der Waals surface area contributed by atoms with Gasteiger partial charge < -0.3 is 10.2 Å². The van der Waals surface area contributed by atoms with Crippen LogP contribution in [0.15, 0.2) is 47.1 Å². The van der Waals surface area contributed by atoms with Gasteiger partial charge in [-0.3, -0.25) is 0 Å². The number of benzene rings is 1. The van der Waals surface area contributed by atoms with Crippen molar-refractivity contribution in [2.24, 2.45) is 5.73 Å². The Morgan fingerprint density at radius 3 is 2.57 bits per heavy atom. The molecule has 1 aromatic heterocycles. The van der Waals surface area contributed by atoms with E-state index < -0.39 is 0 Å². The summed E-state index contributed by atoms with van der Waals surface area (Å²) < 4.78 is 5.35. The summed E-state index contributed by atoms with van der Waals surface area (Å²) in [6.07, 6.45) is 1.67. The van der Waals surface area contributed by atoms with E-state index in [-0.39, 0.29) is 6.04 Å². The molecule has 2 rings (SSSR count). The molecule has 0 aliphatic rings. The Labute approximate surface area is 83.4 Å². The summed E-state index contributed by atoms with van der Waals surface area (Å²) in [5.74, 6) is 0.873. The fourth-order valence-electron chi connectivity index (χ4n) is 1.55. The minimum Gasteiger partial charge on any atom is -0.464 e. The molecule has 72 valence electrons. The lowest BCUT2D eigenvalue weighted by atomic mass is 10.0. The highest BCUT2D eigenvalue weighted by molar-refractivity contribution is 5.62. The van der Waals surface area contributed by atoms with Crippen LogP contribution in [-0.2, 0) is 0 Å². The highest BCUT2D eigenvalue weighted by Crippen LogP contribution is 2.27. The second kappa shape index (κ2) is 3.68. The lowest BCUT2D eigenvalue weighted by Gasteiger charge is -2.10. The van der Waals surface area contributed by atoms with Crippen molar-refractivity contribution in [2.75, 3.05) is 0 Å². The third-order valence-electron chi connectivity index (χ3n) is 2.24. The van der Waals surface area contributed by atoms with Crippen LogP contribution in [0.1, 0.15) is 18.5 Å². The standard InChI is InChI=1S/C12H13NO/c1-9(13)10-5-2-3-6-11(10)12-7-4-8-14-12/h2-9H,13H2,1H3/t9-/m0/s1. The van der Waals surface area contributed by atoms with Crippen molar-refractivity contribution in [3.05, 3.63) is 48.2 Å². The second-order valence-electron chi connectivity index (χ2n) is 3.35. The van der Waals surface area contributed by atoms with Crippen LogP contribution in [0.3, 0.4) is 0 Å². The number of hydrogen-bond donors (Lipinski definition) is 1. The molecule has 0 aliphatic heterocycles. The van der Waals surface area contributed by atoms with Gasteiger partial charge in [0.25, 0.3) is 0 Å². The lowest BCUT2D eigenvalue weighted by molar-refractivity contribution is 0.580. The van der Waals surface area contributed by atoms with Crippen LogP contribution < -0.4 is 5.73 Å². The summed E-state index contributed by atoms with van der Waals surface area (Å²) in [6, 6.07) is 11.9. The third kappa shape index (κ3) is 1.56. The van der Waals surface area contributed by atoms with Crippen LogP contribution in [0.25, 0.3) is 11.3 Å². The van der Waals surface area contributed by atoms with E-state index in [0.29, 0.717) is 0 Å². The molecule has 2 nitrogen and oxygen atoms in total. The smallest absolute Gasteiger partial charge is 0.134 e. The van der Waals surface area contributed by atoms with E-state index >= 15 is 0 Å². The van der Waals surface area contributed by atoms with Crippen molar-refractivity contribution >= 4 is 0 Å². The summed E-state index contributed by atoms with van der Waals surface area (Å²) in [6.45, 7) is 1.97. The van der Waals surface area contributed by atoms with Crippen LogP contribution in [-0.4, -0.2) is 0 Å². The van der Waals surface area contributed by atoms with E-state index in [9.17, 15) is 0 Å². The third-order valence-corrected chi connectivity index (χ3v) is 2.24. The molecule has 1 aromatic carbocycles. The zero-order valence-electron chi connectivity index (χ0n) is 8.10. The zero-order valence-corrected chi connectivity index (χ0v) is 8.10. The molecule has 0 unspecified atom stereocenters. The van der Waals surface area contributed by atoms with Crippen molar-refractivity contribution in [3.8, 4) is 11.3 Å². The summed E-state index contributed by atoms with van der Waals surface area (Å²) in [5, 5.41) is 0. The van der Waals surface area contributed by atoms with Crippen LogP contribution in [0, 0.1) is 0 Å². The first-order valence-electron chi connectivity index (χ1n) is 4.67. The minimum absolute atomic E-state index is 0.0244. The first-order valence-corrected chi connectivity index (χ1v) is 4.67. The van der Waals surface area contributed by atoms with Gasteiger partial charge in [-0.15, -0.1) is 0 Å². The molecule has 2 aromatic rings. The Hall–Kier alpha value is -1.54. The summed E-state index contributed by atoms with van der Waals surface area (Å²) >= 11 is 0. The van der Waals surface area contributed by atoms with Gasteiger partial charge in [-0.2, -0.15) is 0 Å². The van der Waals surface area contributed by atoms with Gasteiger partial charge >= 0.3 is 0 Å². The van der Waals surface area contributed by atoms with E-state index in [1.165, 1.54) is 0 Å². The Balaban J connectivity index is 2.53. The Bertz CT molecular complexity index is 404. The number of nitrogens with two attached hydrogens (primary N) is 1. The lowest BCUT2D eigenvalue weighted by Crippen LogP contribution is -2.06. The van der Waals surface area contributed by atoms with Crippen molar-refractivity contribution in [1.29, 1.82) is 0 Å². The van der Waals surface area contributed by atoms with Crippen molar-refractivity contribution in [1.82, 2.24) is 0 Å². The first kappa shape index (κ1) is 9.03. The van der Waals surface area contributed by atoms with Gasteiger partial charge in [0, 0.05) is 11.6 Å². The zero-order chi connectivity index (χ0) is 9.97. The van der Waals surface area contributed by atoms with Crippen molar-refractivity contribution < 1.29 is 4.42 Å². The molecule has 0 saturated heterocycles. The van der Waals surface area contributed by atoms with E-state index in [4.69, 9.17) is 10.2 Å². The van der Waals surface area contributed by atoms with E-state index in [1.807, 2.05) is 43.3 Å². The van der Waals surface area contributed by atoms with Gasteiger partial charge in [0.2, 0.25) is 0 Å². The van der Waals surface area contributed by atoms with Gasteiger partial charge in [-0.1, -0.05) is 24.3 Å². The number of hydrogen-bond acceptors (Lipinski definition) is 2. The maximum atomic E-state index is 5.88. The molecule has 2 N–H and O–H groups in total. The Morgan fingerprint density at radius 1 is 1.14 bits per heavy atom.